The molecule has 13 nitrogen and oxygen atoms in total. The number of aromatic nitrogens is 2. The molecule has 5 atom stereocenters. The number of ether oxygens (including phenoxy) is 2. The molecule has 0 spiro atoms. The molecule has 2 unspecified atom stereocenters. The number of fused-ring (bicyclic) bond motifs is 1. The van der Waals surface area contributed by atoms with E-state index in [0.29, 0.717) is 55.9 Å². The summed E-state index contributed by atoms with van der Waals surface area (Å²) in [5.41, 5.74) is 3.37. The van der Waals surface area contributed by atoms with Crippen molar-refractivity contribution in [1.82, 2.24) is 25.5 Å². The minimum atomic E-state index is -1.54. The second-order valence-electron chi connectivity index (χ2n) is 13.9. The average molecular weight is 753 g/mol. The number of amides is 1. The van der Waals surface area contributed by atoms with Crippen molar-refractivity contribution in [2.75, 3.05) is 26.9 Å². The fraction of sp³-hybridized carbons (Fsp3) is 0.375. The van der Waals surface area contributed by atoms with Gasteiger partial charge in [0.25, 0.3) is 5.91 Å². The number of hydrogen-bond acceptors (Lipinski definition) is 11. The number of allylic oxidation sites excluding steroid dienone is 2. The Bertz CT molecular complexity index is 2180. The number of aliphatic hydroxyl groups excluding tert-OH is 1. The number of carboxylic acid groups (broad SMARTS) is 1. The Balaban J connectivity index is 1.24. The maximum atomic E-state index is 14.3. The number of nitrogens with one attached hydrogen (secondary N) is 2. The van der Waals surface area contributed by atoms with Crippen LogP contribution in [0.1, 0.15) is 63.5 Å². The summed E-state index contributed by atoms with van der Waals surface area (Å²) in [7, 11) is 1.49. The number of carbonyl (C=O) groups excluding carboxylic acids is 1. The maximum absolute atomic E-state index is 14.3. The third-order valence-electron chi connectivity index (χ3n) is 10.4. The van der Waals surface area contributed by atoms with Crippen LogP contribution < -0.4 is 15.4 Å². The Labute approximate surface area is 317 Å². The van der Waals surface area contributed by atoms with Gasteiger partial charge in [0, 0.05) is 43.6 Å². The number of alkyl halides is 1. The molecule has 2 aromatic heterocycles. The largest absolute Gasteiger partial charge is 0.496 e. The summed E-state index contributed by atoms with van der Waals surface area (Å²) >= 11 is 7.44. The lowest BCUT2D eigenvalue weighted by Gasteiger charge is -2.36. The number of carboxylic acids is 1. The first kappa shape index (κ1) is 37.2. The molecule has 1 aliphatic carbocycles. The fourth-order valence-electron chi connectivity index (χ4n) is 7.51. The van der Waals surface area contributed by atoms with E-state index in [2.05, 4.69) is 21.7 Å². The topological polar surface area (TPSA) is 183 Å². The molecule has 0 radical (unpaired) electrons. The summed E-state index contributed by atoms with van der Waals surface area (Å²) < 4.78 is 17.4. The summed E-state index contributed by atoms with van der Waals surface area (Å²) in [4.78, 5) is 37.3. The zero-order chi connectivity index (χ0) is 38.0. The Kier molecular flexibility index (Phi) is 10.8. The highest BCUT2D eigenvalue weighted by molar-refractivity contribution is 6.28. The van der Waals surface area contributed by atoms with Crippen LogP contribution in [0.15, 0.2) is 71.3 Å². The van der Waals surface area contributed by atoms with Crippen LogP contribution in [-0.4, -0.2) is 87.4 Å². The van der Waals surface area contributed by atoms with Crippen molar-refractivity contribution in [3.63, 3.8) is 0 Å². The summed E-state index contributed by atoms with van der Waals surface area (Å²) in [6.45, 7) is 4.07. The van der Waals surface area contributed by atoms with Crippen LogP contribution in [0.4, 0.5) is 0 Å². The summed E-state index contributed by atoms with van der Waals surface area (Å²) in [5, 5.41) is 35.8. The predicted octanol–water partition coefficient (Wildman–Crippen LogP) is 4.59. The highest BCUT2D eigenvalue weighted by Crippen LogP contribution is 2.43. The predicted molar refractivity (Wildman–Crippen MR) is 200 cm³/mol. The van der Waals surface area contributed by atoms with Gasteiger partial charge in [0.05, 0.1) is 30.8 Å². The molecule has 7 rings (SSSR count). The first-order chi connectivity index (χ1) is 26.1. The molecule has 4 heterocycles. The lowest BCUT2D eigenvalue weighted by Crippen LogP contribution is -2.52. The number of hydrogen-bond donors (Lipinski definition) is 4. The van der Waals surface area contributed by atoms with Crippen molar-refractivity contribution < 1.29 is 33.7 Å². The number of methoxy groups -OCH3 is 1. The van der Waals surface area contributed by atoms with Gasteiger partial charge >= 0.3 is 5.97 Å². The van der Waals surface area contributed by atoms with Crippen molar-refractivity contribution in [1.29, 1.82) is 5.26 Å². The Morgan fingerprint density at radius 3 is 2.81 bits per heavy atom. The van der Waals surface area contributed by atoms with Crippen LogP contribution in [0.25, 0.3) is 16.7 Å². The van der Waals surface area contributed by atoms with Crippen LogP contribution in [0.2, 0.25) is 0 Å². The first-order valence-corrected chi connectivity index (χ1v) is 18.3. The number of aliphatic hydroxyl groups is 1. The van der Waals surface area contributed by atoms with Crippen LogP contribution in [0.5, 0.6) is 5.75 Å². The lowest BCUT2D eigenvalue weighted by atomic mass is 9.81. The highest BCUT2D eigenvalue weighted by atomic mass is 35.5. The van der Waals surface area contributed by atoms with E-state index in [1.165, 1.54) is 19.4 Å². The molecule has 2 aromatic carbocycles. The van der Waals surface area contributed by atoms with Crippen molar-refractivity contribution in [2.45, 2.75) is 68.4 Å². The van der Waals surface area contributed by atoms with E-state index < -0.39 is 34.9 Å². The van der Waals surface area contributed by atoms with Gasteiger partial charge < -0.3 is 34.7 Å². The third kappa shape index (κ3) is 7.23. The third-order valence-corrected chi connectivity index (χ3v) is 11.0. The van der Waals surface area contributed by atoms with Gasteiger partial charge in [-0.15, -0.1) is 11.6 Å². The van der Waals surface area contributed by atoms with Crippen molar-refractivity contribution in [2.24, 2.45) is 0 Å². The molecule has 3 aliphatic rings. The number of carbonyl (C=O) groups is 2. The number of halogens is 1. The van der Waals surface area contributed by atoms with Gasteiger partial charge in [-0.25, -0.2) is 4.98 Å². The second kappa shape index (κ2) is 15.7. The monoisotopic (exact) mass is 752 g/mol. The van der Waals surface area contributed by atoms with E-state index in [9.17, 15) is 25.1 Å². The van der Waals surface area contributed by atoms with Gasteiger partial charge in [-0.05, 0) is 73.2 Å². The van der Waals surface area contributed by atoms with Crippen molar-refractivity contribution >= 4 is 40.2 Å². The zero-order valence-corrected chi connectivity index (χ0v) is 30.7. The molecule has 1 amide bonds. The van der Waals surface area contributed by atoms with Crippen molar-refractivity contribution in [3.05, 3.63) is 106 Å². The van der Waals surface area contributed by atoms with Crippen LogP contribution in [0.3, 0.4) is 0 Å². The Hall–Kier alpha value is -5.10. The van der Waals surface area contributed by atoms with Gasteiger partial charge in [0.15, 0.2) is 11.1 Å². The minimum absolute atomic E-state index is 0.0351. The summed E-state index contributed by atoms with van der Waals surface area (Å²) in [5.74, 6) is -1.01. The number of benzene rings is 2. The maximum Gasteiger partial charge on any atom is 0.320 e. The van der Waals surface area contributed by atoms with E-state index in [-0.39, 0.29) is 35.4 Å². The number of likely N-dealkylation sites (tertiary alicyclic amines) is 1. The summed E-state index contributed by atoms with van der Waals surface area (Å²) in [6.07, 6.45) is 8.27. The van der Waals surface area contributed by atoms with Crippen LogP contribution in [0, 0.1) is 18.3 Å². The van der Waals surface area contributed by atoms with Crippen molar-refractivity contribution in [3.8, 4) is 11.8 Å². The van der Waals surface area contributed by atoms with E-state index in [1.807, 2.05) is 48.2 Å². The van der Waals surface area contributed by atoms with E-state index in [4.69, 9.17) is 30.5 Å². The molecule has 14 heteroatoms. The molecule has 0 saturated carbocycles. The number of oxazole rings is 1. The molecule has 0 bridgehead atoms. The molecule has 54 heavy (non-hydrogen) atoms. The number of nitrogens with zero attached hydrogens (tertiary/aromatic N) is 4. The molecule has 4 N–H and O–H groups in total. The molecule has 2 aliphatic heterocycles. The average Bonchev–Trinajstić information content (AvgIpc) is 3.83. The van der Waals surface area contributed by atoms with Gasteiger partial charge in [0.1, 0.15) is 29.1 Å². The van der Waals surface area contributed by atoms with Gasteiger partial charge in [0.2, 0.25) is 5.89 Å². The molecule has 2 saturated heterocycles. The number of rotatable bonds is 11. The Morgan fingerprint density at radius 2 is 2.06 bits per heavy atom. The smallest absolute Gasteiger partial charge is 0.320 e. The molecule has 280 valence electrons. The quantitative estimate of drug-likeness (QED) is 0.157. The SMILES string of the molecule is COc1cc(C(=O)NC2(c3nc4cc(CN[C@@H]5CCOC[C@H]5O)cc(C#N)c4o3)C=CC=C(c3ccccc3C)C2Cl)ncc1CN1CCC[C@H]1C(=O)O. The molecule has 4 aromatic rings. The molecule has 2 fully saturated rings. The normalized spacial score (nSPS) is 24.2. The van der Waals surface area contributed by atoms with E-state index in [1.54, 1.807) is 18.2 Å². The van der Waals surface area contributed by atoms with E-state index >= 15 is 0 Å². The zero-order valence-electron chi connectivity index (χ0n) is 29.9. The van der Waals surface area contributed by atoms with Crippen LogP contribution in [-0.2, 0) is 28.2 Å². The number of aliphatic carboxylic acids is 1. The standard InChI is InChI=1S/C40H41ClN6O7/c1-23-7-3-4-8-27(23)28-9-5-12-40(36(28)41,46-37(49)31-17-34(52-2)26(20-44-31)21-47-13-6-10-32(47)38(50)51)39-45-30-16-24(15-25(18-42)35(30)54-39)19-43-29-11-14-53-22-33(29)48/h3-5,7-9,12,15-17,20,29,32-33,36,43,48H,6,10-11,13-14,19,21-22H2,1-2H3,(H,46,49)(H,50,51)/t29-,32+,33-,36?,40?/m1/s1. The molecular weight excluding hydrogens is 712 g/mol. The second-order valence-corrected chi connectivity index (χ2v) is 14.3. The first-order valence-electron chi connectivity index (χ1n) is 17.9. The van der Waals surface area contributed by atoms with Crippen LogP contribution >= 0.6 is 11.6 Å². The number of nitriles is 1. The lowest BCUT2D eigenvalue weighted by molar-refractivity contribution is -0.142. The van der Waals surface area contributed by atoms with E-state index in [0.717, 1.165) is 28.7 Å². The highest BCUT2D eigenvalue weighted by Gasteiger charge is 2.47. The number of aryl methyl sites for hydroxylation is 1. The summed E-state index contributed by atoms with van der Waals surface area (Å²) in [6, 6.07) is 14.3. The van der Waals surface area contributed by atoms with Gasteiger partial charge in [-0.3, -0.25) is 19.5 Å². The Morgan fingerprint density at radius 1 is 1.22 bits per heavy atom. The minimum Gasteiger partial charge on any atom is -0.496 e. The number of pyridine rings is 1. The van der Waals surface area contributed by atoms with Gasteiger partial charge in [-0.1, -0.05) is 36.4 Å². The fourth-order valence-corrected chi connectivity index (χ4v) is 7.92. The molecular formula is C40H41ClN6O7. The van der Waals surface area contributed by atoms with Gasteiger partial charge in [-0.2, -0.15) is 5.26 Å².